The zero-order valence-electron chi connectivity index (χ0n) is 10.4. The molecule has 1 rings (SSSR count). The SMILES string of the molecule is CCC(C#N)(CC)C(=O)NC(C)c1ncc[nH]1. The molecule has 1 aromatic heterocycles. The van der Waals surface area contributed by atoms with E-state index in [0.717, 1.165) is 0 Å². The van der Waals surface area contributed by atoms with Gasteiger partial charge in [-0.05, 0) is 19.8 Å². The number of nitrogens with one attached hydrogen (secondary N) is 2. The summed E-state index contributed by atoms with van der Waals surface area (Å²) in [5.41, 5.74) is -0.930. The van der Waals surface area contributed by atoms with Gasteiger partial charge in [0.15, 0.2) is 0 Å². The van der Waals surface area contributed by atoms with Crippen molar-refractivity contribution < 1.29 is 4.79 Å². The van der Waals surface area contributed by atoms with Crippen LogP contribution >= 0.6 is 0 Å². The predicted octanol–water partition coefficient (Wildman–Crippen LogP) is 1.92. The summed E-state index contributed by atoms with van der Waals surface area (Å²) < 4.78 is 0. The van der Waals surface area contributed by atoms with Crippen LogP contribution in [-0.2, 0) is 4.79 Å². The summed E-state index contributed by atoms with van der Waals surface area (Å²) in [6.07, 6.45) is 4.36. The van der Waals surface area contributed by atoms with Gasteiger partial charge >= 0.3 is 0 Å². The number of hydrogen-bond acceptors (Lipinski definition) is 3. The molecule has 0 saturated heterocycles. The molecule has 1 heterocycles. The van der Waals surface area contributed by atoms with Gasteiger partial charge in [0.1, 0.15) is 11.2 Å². The van der Waals surface area contributed by atoms with Gasteiger partial charge in [0.25, 0.3) is 0 Å². The maximum Gasteiger partial charge on any atom is 0.241 e. The number of carbonyl (C=O) groups is 1. The quantitative estimate of drug-likeness (QED) is 0.816. The van der Waals surface area contributed by atoms with Crippen molar-refractivity contribution in [2.24, 2.45) is 5.41 Å². The molecule has 1 aromatic rings. The van der Waals surface area contributed by atoms with Crippen molar-refractivity contribution in [3.8, 4) is 6.07 Å². The second-order valence-corrected chi connectivity index (χ2v) is 4.07. The molecule has 0 aliphatic carbocycles. The van der Waals surface area contributed by atoms with Gasteiger partial charge in [-0.2, -0.15) is 5.26 Å². The van der Waals surface area contributed by atoms with Crippen molar-refractivity contribution in [1.82, 2.24) is 15.3 Å². The van der Waals surface area contributed by atoms with Crippen LogP contribution in [0.3, 0.4) is 0 Å². The molecule has 92 valence electrons. The Labute approximate surface area is 101 Å². The lowest BCUT2D eigenvalue weighted by Crippen LogP contribution is -2.40. The highest BCUT2D eigenvalue weighted by atomic mass is 16.2. The highest BCUT2D eigenvalue weighted by Gasteiger charge is 2.35. The zero-order chi connectivity index (χ0) is 12.9. The minimum Gasteiger partial charge on any atom is -0.347 e. The molecule has 0 aliphatic heterocycles. The lowest BCUT2D eigenvalue weighted by Gasteiger charge is -2.24. The summed E-state index contributed by atoms with van der Waals surface area (Å²) >= 11 is 0. The van der Waals surface area contributed by atoms with E-state index in [2.05, 4.69) is 21.4 Å². The number of nitriles is 1. The van der Waals surface area contributed by atoms with Crippen LogP contribution < -0.4 is 5.32 Å². The lowest BCUT2D eigenvalue weighted by molar-refractivity contribution is -0.129. The fraction of sp³-hybridized carbons (Fsp3) is 0.583. The second-order valence-electron chi connectivity index (χ2n) is 4.07. The predicted molar refractivity (Wildman–Crippen MR) is 63.8 cm³/mol. The van der Waals surface area contributed by atoms with E-state index >= 15 is 0 Å². The third-order valence-corrected chi connectivity index (χ3v) is 3.13. The van der Waals surface area contributed by atoms with Crippen LogP contribution in [0.4, 0.5) is 0 Å². The van der Waals surface area contributed by atoms with Gasteiger partial charge in [-0.25, -0.2) is 4.98 Å². The Bertz CT molecular complexity index is 401. The molecule has 5 nitrogen and oxygen atoms in total. The van der Waals surface area contributed by atoms with Crippen molar-refractivity contribution in [1.29, 1.82) is 5.26 Å². The largest absolute Gasteiger partial charge is 0.347 e. The molecule has 0 aliphatic rings. The Hall–Kier alpha value is -1.83. The Morgan fingerprint density at radius 3 is 2.71 bits per heavy atom. The fourth-order valence-corrected chi connectivity index (χ4v) is 1.70. The van der Waals surface area contributed by atoms with E-state index in [9.17, 15) is 4.79 Å². The van der Waals surface area contributed by atoms with Crippen LogP contribution in [0.1, 0.15) is 45.5 Å². The van der Waals surface area contributed by atoms with Gasteiger partial charge in [-0.15, -0.1) is 0 Å². The van der Waals surface area contributed by atoms with Crippen LogP contribution in [0.25, 0.3) is 0 Å². The first kappa shape index (κ1) is 13.2. The van der Waals surface area contributed by atoms with Gasteiger partial charge in [-0.3, -0.25) is 4.79 Å². The number of carbonyl (C=O) groups excluding carboxylic acids is 1. The normalized spacial score (nSPS) is 12.8. The first-order valence-electron chi connectivity index (χ1n) is 5.81. The maximum atomic E-state index is 12.1. The summed E-state index contributed by atoms with van der Waals surface area (Å²) in [4.78, 5) is 19.1. The highest BCUT2D eigenvalue weighted by Crippen LogP contribution is 2.26. The summed E-state index contributed by atoms with van der Waals surface area (Å²) in [6.45, 7) is 5.54. The van der Waals surface area contributed by atoms with Crippen molar-refractivity contribution in [3.63, 3.8) is 0 Å². The van der Waals surface area contributed by atoms with Crippen molar-refractivity contribution >= 4 is 5.91 Å². The van der Waals surface area contributed by atoms with Crippen molar-refractivity contribution in [2.75, 3.05) is 0 Å². The van der Waals surface area contributed by atoms with E-state index in [4.69, 9.17) is 5.26 Å². The molecule has 2 N–H and O–H groups in total. The molecule has 5 heteroatoms. The summed E-state index contributed by atoms with van der Waals surface area (Å²) in [6, 6.07) is 1.90. The van der Waals surface area contributed by atoms with E-state index in [1.165, 1.54) is 0 Å². The molecule has 0 radical (unpaired) electrons. The molecule has 1 atom stereocenters. The first-order chi connectivity index (χ1) is 8.09. The molecular formula is C12H18N4O. The minimum absolute atomic E-state index is 0.219. The molecule has 17 heavy (non-hydrogen) atoms. The van der Waals surface area contributed by atoms with E-state index in [-0.39, 0.29) is 11.9 Å². The number of aromatic amines is 1. The van der Waals surface area contributed by atoms with Crippen LogP contribution in [0.5, 0.6) is 0 Å². The molecule has 0 saturated carbocycles. The van der Waals surface area contributed by atoms with Crippen LogP contribution in [-0.4, -0.2) is 15.9 Å². The van der Waals surface area contributed by atoms with E-state index in [0.29, 0.717) is 18.7 Å². The average Bonchev–Trinajstić information content (AvgIpc) is 2.85. The summed E-state index contributed by atoms with van der Waals surface area (Å²) in [7, 11) is 0. The molecule has 0 spiro atoms. The molecule has 0 aromatic carbocycles. The topological polar surface area (TPSA) is 81.6 Å². The Morgan fingerprint density at radius 2 is 2.29 bits per heavy atom. The third-order valence-electron chi connectivity index (χ3n) is 3.13. The average molecular weight is 234 g/mol. The lowest BCUT2D eigenvalue weighted by atomic mass is 9.83. The monoisotopic (exact) mass is 234 g/mol. The summed E-state index contributed by atoms with van der Waals surface area (Å²) in [5, 5.41) is 12.0. The minimum atomic E-state index is -0.930. The number of hydrogen-bond donors (Lipinski definition) is 2. The standard InChI is InChI=1S/C12H18N4O/c1-4-12(5-2,8-13)11(17)16-9(3)10-14-6-7-15-10/h6-7,9H,4-5H2,1-3H3,(H,14,15)(H,16,17). The fourth-order valence-electron chi connectivity index (χ4n) is 1.70. The maximum absolute atomic E-state index is 12.1. The number of imidazole rings is 1. The van der Waals surface area contributed by atoms with Crippen molar-refractivity contribution in [2.45, 2.75) is 39.7 Å². The third kappa shape index (κ3) is 2.64. The first-order valence-corrected chi connectivity index (χ1v) is 5.81. The number of amides is 1. The molecule has 1 amide bonds. The van der Waals surface area contributed by atoms with Crippen LogP contribution in [0, 0.1) is 16.7 Å². The number of nitrogens with zero attached hydrogens (tertiary/aromatic N) is 2. The van der Waals surface area contributed by atoms with Crippen LogP contribution in [0.15, 0.2) is 12.4 Å². The van der Waals surface area contributed by atoms with Gasteiger partial charge in [0.05, 0.1) is 12.1 Å². The van der Waals surface area contributed by atoms with Gasteiger partial charge in [-0.1, -0.05) is 13.8 Å². The van der Waals surface area contributed by atoms with Gasteiger partial charge < -0.3 is 10.3 Å². The number of H-pyrrole nitrogens is 1. The second kappa shape index (κ2) is 5.48. The Kier molecular flexibility index (Phi) is 4.27. The molecule has 0 bridgehead atoms. The van der Waals surface area contributed by atoms with E-state index in [1.807, 2.05) is 20.8 Å². The van der Waals surface area contributed by atoms with Gasteiger partial charge in [0.2, 0.25) is 5.91 Å². The number of rotatable bonds is 5. The van der Waals surface area contributed by atoms with E-state index in [1.54, 1.807) is 12.4 Å². The number of aromatic nitrogens is 2. The molecule has 1 unspecified atom stereocenters. The summed E-state index contributed by atoms with van der Waals surface area (Å²) in [5.74, 6) is 0.464. The van der Waals surface area contributed by atoms with E-state index < -0.39 is 5.41 Å². The highest BCUT2D eigenvalue weighted by molar-refractivity contribution is 5.85. The van der Waals surface area contributed by atoms with Crippen molar-refractivity contribution in [3.05, 3.63) is 18.2 Å². The smallest absolute Gasteiger partial charge is 0.241 e. The zero-order valence-corrected chi connectivity index (χ0v) is 10.4. The van der Waals surface area contributed by atoms with Crippen LogP contribution in [0.2, 0.25) is 0 Å². The Balaban J connectivity index is 2.75. The molecule has 0 fully saturated rings. The van der Waals surface area contributed by atoms with Gasteiger partial charge in [0, 0.05) is 12.4 Å². The Morgan fingerprint density at radius 1 is 1.65 bits per heavy atom. The molecular weight excluding hydrogens is 216 g/mol.